The van der Waals surface area contributed by atoms with E-state index in [1.165, 1.54) is 20.5 Å². The van der Waals surface area contributed by atoms with Gasteiger partial charge in [0.25, 0.3) is 0 Å². The predicted molar refractivity (Wildman–Crippen MR) is 127 cm³/mol. The average molecular weight is 507 g/mol. The first kappa shape index (κ1) is 22.6. The van der Waals surface area contributed by atoms with Gasteiger partial charge in [0.05, 0.1) is 0 Å². The molecule has 7 heteroatoms. The molecule has 0 aromatic heterocycles. The molecule has 0 amide bonds. The average Bonchev–Trinajstić information content (AvgIpc) is 2.79. The zero-order chi connectivity index (χ0) is 22.7. The number of rotatable bonds is 6. The third-order valence-corrected chi connectivity index (χ3v) is 9.33. The molecule has 0 atom stereocenters. The van der Waals surface area contributed by atoms with Crippen LogP contribution in [-0.2, 0) is 29.6 Å². The van der Waals surface area contributed by atoms with Gasteiger partial charge >= 0.3 is 197 Å². The Balaban J connectivity index is 1.50. The number of hydrogen-bond acceptors (Lipinski definition) is 4. The van der Waals surface area contributed by atoms with Gasteiger partial charge in [0.15, 0.2) is 0 Å². The molecule has 0 aliphatic carbocycles. The number of benzene rings is 3. The van der Waals surface area contributed by atoms with Crippen molar-refractivity contribution >= 4 is 34.5 Å². The van der Waals surface area contributed by atoms with Crippen LogP contribution in [0.3, 0.4) is 0 Å². The topological polar surface area (TPSA) is 70.4 Å². The Kier molecular flexibility index (Phi) is 6.71. The summed E-state index contributed by atoms with van der Waals surface area (Å²) in [7, 11) is -3.18. The van der Waals surface area contributed by atoms with Crippen molar-refractivity contribution in [1.82, 2.24) is 4.31 Å². The van der Waals surface area contributed by atoms with Crippen LogP contribution in [0, 0.1) is 18.3 Å². The Morgan fingerprint density at radius 3 is 2.62 bits per heavy atom. The standard InChI is InChI=1S/C25H24AsN2O3S/c1-18-6-11-22(14-25(18)31-17-20-9-7-19(15-27)8-10-20)26-24-5-3-4-21-16-28(32(2,29)30)13-12-23(21)24/h3-11,14H,12-13,16-17H2,1-2H3. The van der Waals surface area contributed by atoms with Gasteiger partial charge in [-0.1, -0.05) is 0 Å². The fraction of sp³-hybridized carbons (Fsp3) is 0.240. The van der Waals surface area contributed by atoms with Gasteiger partial charge in [-0.2, -0.15) is 0 Å². The third-order valence-electron chi connectivity index (χ3n) is 5.57. The van der Waals surface area contributed by atoms with E-state index in [4.69, 9.17) is 10.00 Å². The van der Waals surface area contributed by atoms with Gasteiger partial charge < -0.3 is 0 Å². The molecular weight excluding hydrogens is 483 g/mol. The molecule has 5 nitrogen and oxygen atoms in total. The molecule has 0 fully saturated rings. The molecule has 0 saturated heterocycles. The second-order valence-electron chi connectivity index (χ2n) is 7.92. The van der Waals surface area contributed by atoms with Crippen LogP contribution in [-0.4, -0.2) is 41.3 Å². The van der Waals surface area contributed by atoms with Crippen molar-refractivity contribution < 1.29 is 13.2 Å². The Hall–Kier alpha value is -2.58. The van der Waals surface area contributed by atoms with Gasteiger partial charge in [-0.3, -0.25) is 0 Å². The molecule has 1 radical (unpaired) electrons. The van der Waals surface area contributed by atoms with Crippen LogP contribution < -0.4 is 13.4 Å². The molecule has 1 aliphatic heterocycles. The molecule has 3 aromatic carbocycles. The summed E-state index contributed by atoms with van der Waals surface area (Å²) in [5.74, 6) is 0.871. The molecule has 0 unspecified atom stereocenters. The van der Waals surface area contributed by atoms with Gasteiger partial charge in [-0.25, -0.2) is 0 Å². The first-order chi connectivity index (χ1) is 15.3. The van der Waals surface area contributed by atoms with Crippen molar-refractivity contribution in [3.8, 4) is 11.8 Å². The second-order valence-corrected chi connectivity index (χ2v) is 12.5. The van der Waals surface area contributed by atoms with Crippen LogP contribution in [0.4, 0.5) is 0 Å². The summed E-state index contributed by atoms with van der Waals surface area (Å²) >= 11 is -0.243. The van der Waals surface area contributed by atoms with Crippen molar-refractivity contribution in [2.24, 2.45) is 0 Å². The number of hydrogen-bond donors (Lipinski definition) is 0. The molecule has 4 rings (SSSR count). The minimum absolute atomic E-state index is 0.243. The van der Waals surface area contributed by atoms with Crippen molar-refractivity contribution in [1.29, 1.82) is 5.26 Å². The molecule has 0 N–H and O–H groups in total. The quantitative estimate of drug-likeness (QED) is 0.481. The number of fused-ring (bicyclic) bond motifs is 1. The molecule has 163 valence electrons. The Morgan fingerprint density at radius 2 is 1.91 bits per heavy atom. The van der Waals surface area contributed by atoms with Crippen molar-refractivity contribution in [3.05, 3.63) is 88.5 Å². The fourth-order valence-corrected chi connectivity index (χ4v) is 6.97. The van der Waals surface area contributed by atoms with Gasteiger partial charge in [0, 0.05) is 0 Å². The zero-order valence-corrected chi connectivity index (χ0v) is 20.8. The van der Waals surface area contributed by atoms with E-state index in [1.54, 1.807) is 16.4 Å². The van der Waals surface area contributed by atoms with Crippen molar-refractivity contribution in [3.63, 3.8) is 0 Å². The summed E-state index contributed by atoms with van der Waals surface area (Å²) in [6, 6.07) is 22.2. The molecule has 32 heavy (non-hydrogen) atoms. The maximum atomic E-state index is 11.9. The van der Waals surface area contributed by atoms with E-state index in [2.05, 4.69) is 30.3 Å². The van der Waals surface area contributed by atoms with Gasteiger partial charge in [0.2, 0.25) is 0 Å². The van der Waals surface area contributed by atoms with Gasteiger partial charge in [-0.15, -0.1) is 0 Å². The number of ether oxygens (including phenoxy) is 1. The summed E-state index contributed by atoms with van der Waals surface area (Å²) in [6.07, 6.45) is 2.03. The van der Waals surface area contributed by atoms with Crippen LogP contribution in [0.15, 0.2) is 60.7 Å². The Labute approximate surface area is 196 Å². The number of aryl methyl sites for hydroxylation is 1. The van der Waals surface area contributed by atoms with Crippen molar-refractivity contribution in [2.75, 3.05) is 12.8 Å². The number of nitrogens with zero attached hydrogens (tertiary/aromatic N) is 2. The summed E-state index contributed by atoms with van der Waals surface area (Å²) in [5, 5.41) is 8.94. The minimum atomic E-state index is -3.18. The first-order valence-electron chi connectivity index (χ1n) is 10.3. The molecule has 1 heterocycles. The van der Waals surface area contributed by atoms with Crippen LogP contribution >= 0.6 is 0 Å². The van der Waals surface area contributed by atoms with E-state index in [9.17, 15) is 8.42 Å². The van der Waals surface area contributed by atoms with Gasteiger partial charge in [0.1, 0.15) is 0 Å². The first-order valence-corrected chi connectivity index (χ1v) is 14.1. The molecule has 0 spiro atoms. The van der Waals surface area contributed by atoms with E-state index in [-0.39, 0.29) is 15.8 Å². The molecule has 0 saturated carbocycles. The SMILES string of the molecule is Cc1ccc([As]c2cccc3c2CCN(S(C)(=O)=O)C3)cc1OCc1ccc(C#N)cc1. The summed E-state index contributed by atoms with van der Waals surface area (Å²) in [4.78, 5) is 0. The normalized spacial score (nSPS) is 14.3. The van der Waals surface area contributed by atoms with E-state index >= 15 is 0 Å². The monoisotopic (exact) mass is 507 g/mol. The molecule has 1 aliphatic rings. The van der Waals surface area contributed by atoms with Crippen LogP contribution in [0.1, 0.15) is 27.8 Å². The van der Waals surface area contributed by atoms with Gasteiger partial charge in [-0.05, 0) is 0 Å². The van der Waals surface area contributed by atoms with E-state index in [0.717, 1.165) is 28.9 Å². The molecular formula is C25H24AsN2O3S. The Morgan fingerprint density at radius 1 is 1.12 bits per heavy atom. The summed E-state index contributed by atoms with van der Waals surface area (Å²) < 4.78 is 34.1. The number of nitriles is 1. The summed E-state index contributed by atoms with van der Waals surface area (Å²) in [6.45, 7) is 3.49. The molecule has 3 aromatic rings. The second kappa shape index (κ2) is 9.50. The van der Waals surface area contributed by atoms with Crippen LogP contribution in [0.25, 0.3) is 0 Å². The Bertz CT molecular complexity index is 1280. The molecule has 0 bridgehead atoms. The fourth-order valence-electron chi connectivity index (χ4n) is 3.74. The van der Waals surface area contributed by atoms with Crippen LogP contribution in [0.5, 0.6) is 5.75 Å². The number of sulfonamides is 1. The van der Waals surface area contributed by atoms with E-state index in [1.807, 2.05) is 31.2 Å². The summed E-state index contributed by atoms with van der Waals surface area (Å²) in [5.41, 5.74) is 5.16. The van der Waals surface area contributed by atoms with Crippen LogP contribution in [0.2, 0.25) is 0 Å². The third kappa shape index (κ3) is 5.24. The maximum absolute atomic E-state index is 11.9. The zero-order valence-electron chi connectivity index (χ0n) is 18.1. The predicted octanol–water partition coefficient (Wildman–Crippen LogP) is 2.42. The van der Waals surface area contributed by atoms with E-state index in [0.29, 0.717) is 25.3 Å². The van der Waals surface area contributed by atoms with E-state index < -0.39 is 10.0 Å². The van der Waals surface area contributed by atoms with Crippen molar-refractivity contribution in [2.45, 2.75) is 26.5 Å².